The number of nitrogens with one attached hydrogen (secondary N) is 2. The summed E-state index contributed by atoms with van der Waals surface area (Å²) in [5.74, 6) is 0.898. The van der Waals surface area contributed by atoms with E-state index in [9.17, 15) is 4.79 Å². The molecule has 0 radical (unpaired) electrons. The average molecular weight is 425 g/mol. The maximum atomic E-state index is 12.9. The summed E-state index contributed by atoms with van der Waals surface area (Å²) >= 11 is 0. The van der Waals surface area contributed by atoms with E-state index in [1.807, 2.05) is 24.4 Å². The number of fused-ring (bicyclic) bond motifs is 1. The Hall–Kier alpha value is -3.27. The van der Waals surface area contributed by atoms with Gasteiger partial charge in [0.05, 0.1) is 24.7 Å². The molecular weight excluding hydrogens is 396 g/mol. The predicted molar refractivity (Wildman–Crippen MR) is 118 cm³/mol. The fourth-order valence-electron chi connectivity index (χ4n) is 3.85. The molecule has 4 rings (SSSR count). The van der Waals surface area contributed by atoms with E-state index in [2.05, 4.69) is 42.4 Å². The summed E-state index contributed by atoms with van der Waals surface area (Å²) in [5.41, 5.74) is 1.87. The van der Waals surface area contributed by atoms with Crippen molar-refractivity contribution >= 4 is 23.3 Å². The first kappa shape index (κ1) is 21.0. The van der Waals surface area contributed by atoms with Gasteiger partial charge in [0.2, 0.25) is 11.8 Å². The lowest BCUT2D eigenvalue weighted by Gasteiger charge is -2.34. The zero-order valence-corrected chi connectivity index (χ0v) is 18.1. The van der Waals surface area contributed by atoms with E-state index in [4.69, 9.17) is 4.74 Å². The lowest BCUT2D eigenvalue weighted by molar-refractivity contribution is 0.102. The third-order valence-electron chi connectivity index (χ3n) is 5.32. The number of amides is 1. The van der Waals surface area contributed by atoms with Crippen molar-refractivity contribution in [2.45, 2.75) is 39.7 Å². The molecule has 164 valence electrons. The monoisotopic (exact) mass is 424 g/mol. The van der Waals surface area contributed by atoms with Crippen LogP contribution in [0.25, 0.3) is 5.65 Å². The number of nitrogens with zero attached hydrogens (tertiary/aromatic N) is 6. The van der Waals surface area contributed by atoms with Crippen LogP contribution in [0.5, 0.6) is 5.88 Å². The molecule has 2 N–H and O–H groups in total. The predicted octanol–water partition coefficient (Wildman–Crippen LogP) is 2.06. The molecule has 0 atom stereocenters. The van der Waals surface area contributed by atoms with Gasteiger partial charge in [0.15, 0.2) is 5.65 Å². The van der Waals surface area contributed by atoms with Crippen molar-refractivity contribution in [2.24, 2.45) is 0 Å². The Morgan fingerprint density at radius 2 is 2.03 bits per heavy atom. The number of ether oxygens (including phenoxy) is 1. The molecule has 0 aliphatic carbocycles. The Labute approximate surface area is 181 Å². The van der Waals surface area contributed by atoms with E-state index >= 15 is 0 Å². The van der Waals surface area contributed by atoms with Gasteiger partial charge in [-0.2, -0.15) is 4.98 Å². The summed E-state index contributed by atoms with van der Waals surface area (Å²) in [5, 5.41) is 6.18. The van der Waals surface area contributed by atoms with E-state index < -0.39 is 0 Å². The van der Waals surface area contributed by atoms with Gasteiger partial charge in [0.1, 0.15) is 11.4 Å². The second-order valence-electron chi connectivity index (χ2n) is 7.46. The van der Waals surface area contributed by atoms with E-state index in [-0.39, 0.29) is 17.4 Å². The van der Waals surface area contributed by atoms with Crippen LogP contribution in [-0.4, -0.2) is 62.5 Å². The molecule has 3 aromatic rings. The molecule has 4 heterocycles. The Morgan fingerprint density at radius 3 is 2.77 bits per heavy atom. The van der Waals surface area contributed by atoms with Crippen LogP contribution in [-0.2, 0) is 0 Å². The molecule has 1 aliphatic rings. The van der Waals surface area contributed by atoms with Gasteiger partial charge in [0.25, 0.3) is 5.91 Å². The topological polar surface area (TPSA) is 110 Å². The maximum absolute atomic E-state index is 12.9. The molecule has 10 heteroatoms. The minimum Gasteiger partial charge on any atom is -0.477 e. The third kappa shape index (κ3) is 4.58. The molecule has 10 nitrogen and oxygen atoms in total. The first-order valence-corrected chi connectivity index (χ1v) is 10.7. The van der Waals surface area contributed by atoms with Crippen molar-refractivity contribution in [1.82, 2.24) is 29.7 Å². The van der Waals surface area contributed by atoms with E-state index in [0.29, 0.717) is 24.4 Å². The number of hydrogen-bond acceptors (Lipinski definition) is 8. The minimum absolute atomic E-state index is 0.274. The van der Waals surface area contributed by atoms with Crippen molar-refractivity contribution in [3.05, 3.63) is 36.0 Å². The van der Waals surface area contributed by atoms with Crippen molar-refractivity contribution in [1.29, 1.82) is 0 Å². The van der Waals surface area contributed by atoms with Crippen LogP contribution in [0.2, 0.25) is 0 Å². The molecule has 0 aromatic carbocycles. The van der Waals surface area contributed by atoms with Gasteiger partial charge in [-0.05, 0) is 46.7 Å². The number of anilines is 2. The van der Waals surface area contributed by atoms with Crippen LogP contribution in [0.4, 0.5) is 11.8 Å². The SMILES string of the molecule is CCOc1nc(N(CC)C2CCNCC2)ncc1C(=O)Nc1cn2cc(C)nc2cn1. The van der Waals surface area contributed by atoms with Gasteiger partial charge in [-0.3, -0.25) is 4.79 Å². The molecule has 0 saturated carbocycles. The summed E-state index contributed by atoms with van der Waals surface area (Å²) < 4.78 is 7.52. The summed E-state index contributed by atoms with van der Waals surface area (Å²) in [6.07, 6.45) is 8.81. The van der Waals surface area contributed by atoms with Crippen LogP contribution < -0.4 is 20.3 Å². The van der Waals surface area contributed by atoms with E-state index in [1.54, 1.807) is 12.4 Å². The molecule has 0 unspecified atom stereocenters. The highest BCUT2D eigenvalue weighted by atomic mass is 16.5. The van der Waals surface area contributed by atoms with Crippen LogP contribution >= 0.6 is 0 Å². The van der Waals surface area contributed by atoms with Gasteiger partial charge in [0, 0.05) is 25.0 Å². The largest absolute Gasteiger partial charge is 0.477 e. The lowest BCUT2D eigenvalue weighted by Crippen LogP contribution is -2.44. The fourth-order valence-corrected chi connectivity index (χ4v) is 3.85. The fraction of sp³-hybridized carbons (Fsp3) is 0.476. The smallest absolute Gasteiger partial charge is 0.263 e. The van der Waals surface area contributed by atoms with Crippen molar-refractivity contribution < 1.29 is 9.53 Å². The second kappa shape index (κ2) is 9.25. The second-order valence-corrected chi connectivity index (χ2v) is 7.46. The number of aryl methyl sites for hydroxylation is 1. The van der Waals surface area contributed by atoms with Crippen LogP contribution in [0.3, 0.4) is 0 Å². The van der Waals surface area contributed by atoms with Crippen LogP contribution in [0.15, 0.2) is 24.8 Å². The molecule has 1 fully saturated rings. The van der Waals surface area contributed by atoms with Gasteiger partial charge >= 0.3 is 0 Å². The number of hydrogen-bond donors (Lipinski definition) is 2. The number of rotatable bonds is 7. The number of carbonyl (C=O) groups excluding carboxylic acids is 1. The Morgan fingerprint density at radius 1 is 1.23 bits per heavy atom. The molecule has 1 amide bonds. The van der Waals surface area contributed by atoms with Gasteiger partial charge < -0.3 is 24.7 Å². The molecule has 0 bridgehead atoms. The van der Waals surface area contributed by atoms with E-state index in [0.717, 1.165) is 43.8 Å². The molecule has 0 spiro atoms. The quantitative estimate of drug-likeness (QED) is 0.593. The molecule has 3 aromatic heterocycles. The first-order valence-electron chi connectivity index (χ1n) is 10.7. The normalized spacial score (nSPS) is 14.5. The minimum atomic E-state index is -0.372. The lowest BCUT2D eigenvalue weighted by atomic mass is 10.1. The highest BCUT2D eigenvalue weighted by Crippen LogP contribution is 2.23. The Balaban J connectivity index is 1.57. The molecule has 1 saturated heterocycles. The van der Waals surface area contributed by atoms with Gasteiger partial charge in [-0.1, -0.05) is 0 Å². The number of imidazole rings is 1. The van der Waals surface area contributed by atoms with Gasteiger partial charge in [-0.15, -0.1) is 0 Å². The summed E-state index contributed by atoms with van der Waals surface area (Å²) in [6, 6.07) is 0.370. The summed E-state index contributed by atoms with van der Waals surface area (Å²) in [6.45, 7) is 9.00. The number of carbonyl (C=O) groups is 1. The highest BCUT2D eigenvalue weighted by molar-refractivity contribution is 6.05. The molecule has 31 heavy (non-hydrogen) atoms. The van der Waals surface area contributed by atoms with Crippen molar-refractivity contribution in [3.8, 4) is 5.88 Å². The van der Waals surface area contributed by atoms with Crippen molar-refractivity contribution in [3.63, 3.8) is 0 Å². The van der Waals surface area contributed by atoms with Crippen LogP contribution in [0.1, 0.15) is 42.7 Å². The Bertz CT molecular complexity index is 1060. The van der Waals surface area contributed by atoms with Crippen LogP contribution in [0, 0.1) is 6.92 Å². The van der Waals surface area contributed by atoms with Crippen molar-refractivity contribution in [2.75, 3.05) is 36.5 Å². The zero-order chi connectivity index (χ0) is 21.8. The van der Waals surface area contributed by atoms with E-state index in [1.165, 1.54) is 6.20 Å². The summed E-state index contributed by atoms with van der Waals surface area (Å²) in [7, 11) is 0. The Kier molecular flexibility index (Phi) is 6.26. The summed E-state index contributed by atoms with van der Waals surface area (Å²) in [4.78, 5) is 32.8. The standard InChI is InChI=1S/C21H28N8O2/c1-4-29(15-6-8-22-9-7-15)21-24-10-16(20(27-21)31-5-2)19(30)26-17-13-28-12-14(3)25-18(28)11-23-17/h10-13,15,22H,4-9H2,1-3H3,(H,26,30). The highest BCUT2D eigenvalue weighted by Gasteiger charge is 2.24. The molecular formula is C21H28N8O2. The molecule has 1 aliphatic heterocycles. The average Bonchev–Trinajstić information content (AvgIpc) is 3.15. The number of aromatic nitrogens is 5. The maximum Gasteiger partial charge on any atom is 0.263 e. The van der Waals surface area contributed by atoms with Gasteiger partial charge in [-0.25, -0.2) is 15.0 Å². The number of piperidine rings is 1. The third-order valence-corrected chi connectivity index (χ3v) is 5.32. The zero-order valence-electron chi connectivity index (χ0n) is 18.1. The first-order chi connectivity index (χ1) is 15.1.